The van der Waals surface area contributed by atoms with Gasteiger partial charge >= 0.3 is 0 Å². The first-order valence-electron chi connectivity index (χ1n) is 8.18. The number of hydrogen-bond acceptors (Lipinski definition) is 3. The monoisotopic (exact) mass is 355 g/mol. The number of thiophene rings is 1. The van der Waals surface area contributed by atoms with Crippen molar-refractivity contribution in [2.45, 2.75) is 27.2 Å². The summed E-state index contributed by atoms with van der Waals surface area (Å²) in [5.41, 5.74) is 2.73. The first kappa shape index (κ1) is 17.2. The minimum atomic E-state index is -0.237. The van der Waals surface area contributed by atoms with E-state index >= 15 is 0 Å². The zero-order valence-electron chi connectivity index (χ0n) is 14.8. The number of amides is 1. The van der Waals surface area contributed by atoms with Crippen molar-refractivity contribution in [1.29, 1.82) is 0 Å². The Morgan fingerprint density at radius 1 is 1.20 bits per heavy atom. The largest absolute Gasteiger partial charge is 0.315 e. The van der Waals surface area contributed by atoms with Crippen molar-refractivity contribution in [3.8, 4) is 5.69 Å². The van der Waals surface area contributed by atoms with Crippen LogP contribution in [0.2, 0.25) is 0 Å². The van der Waals surface area contributed by atoms with Crippen LogP contribution in [0.4, 0.5) is 5.69 Å². The second-order valence-corrected chi connectivity index (χ2v) is 7.19. The molecule has 1 amide bonds. The van der Waals surface area contributed by atoms with Crippen LogP contribution in [-0.4, -0.2) is 15.3 Å². The molecule has 1 N–H and O–H groups in total. The molecular formula is C19H21N3O2S. The highest BCUT2D eigenvalue weighted by molar-refractivity contribution is 7.14. The van der Waals surface area contributed by atoms with Crippen LogP contribution in [0.15, 0.2) is 41.2 Å². The van der Waals surface area contributed by atoms with Gasteiger partial charge in [-0.25, -0.2) is 4.68 Å². The second-order valence-electron chi connectivity index (χ2n) is 5.94. The molecule has 0 aliphatic heterocycles. The van der Waals surface area contributed by atoms with Crippen LogP contribution >= 0.6 is 11.3 Å². The molecule has 2 heterocycles. The molecule has 0 aliphatic rings. The van der Waals surface area contributed by atoms with Gasteiger partial charge in [-0.3, -0.25) is 14.3 Å². The van der Waals surface area contributed by atoms with Crippen molar-refractivity contribution >= 4 is 22.9 Å². The van der Waals surface area contributed by atoms with E-state index in [1.165, 1.54) is 16.9 Å². The minimum Gasteiger partial charge on any atom is -0.315 e. The topological polar surface area (TPSA) is 56.0 Å². The number of rotatable bonds is 4. The lowest BCUT2D eigenvalue weighted by Crippen LogP contribution is -2.22. The van der Waals surface area contributed by atoms with Crippen molar-refractivity contribution in [3.63, 3.8) is 0 Å². The SMILES string of the molecule is CCc1cc(C(=O)Nc2c(C)n(C)n(-c3ccccc3)c2=O)sc1C. The molecule has 3 aromatic rings. The van der Waals surface area contributed by atoms with Crippen LogP contribution in [0.25, 0.3) is 5.69 Å². The first-order chi connectivity index (χ1) is 11.9. The fraction of sp³-hybridized carbons (Fsp3) is 0.263. The van der Waals surface area contributed by atoms with E-state index < -0.39 is 0 Å². The molecule has 0 bridgehead atoms. The molecule has 0 atom stereocenters. The lowest BCUT2D eigenvalue weighted by molar-refractivity contribution is 0.103. The van der Waals surface area contributed by atoms with E-state index in [1.807, 2.05) is 57.3 Å². The molecule has 0 saturated carbocycles. The van der Waals surface area contributed by atoms with E-state index in [1.54, 1.807) is 9.36 Å². The number of hydrogen-bond donors (Lipinski definition) is 1. The summed E-state index contributed by atoms with van der Waals surface area (Å²) in [5, 5.41) is 2.81. The molecule has 0 saturated heterocycles. The van der Waals surface area contributed by atoms with Gasteiger partial charge in [0.2, 0.25) is 0 Å². The van der Waals surface area contributed by atoms with Crippen molar-refractivity contribution in [2.24, 2.45) is 7.05 Å². The highest BCUT2D eigenvalue weighted by Gasteiger charge is 2.20. The van der Waals surface area contributed by atoms with Gasteiger partial charge in [0, 0.05) is 11.9 Å². The number of carbonyl (C=O) groups excluding carboxylic acids is 1. The zero-order valence-corrected chi connectivity index (χ0v) is 15.6. The number of para-hydroxylation sites is 1. The summed E-state index contributed by atoms with van der Waals surface area (Å²) >= 11 is 1.46. The average Bonchev–Trinajstić information content (AvgIpc) is 3.09. The average molecular weight is 355 g/mol. The molecule has 5 nitrogen and oxygen atoms in total. The quantitative estimate of drug-likeness (QED) is 0.776. The lowest BCUT2D eigenvalue weighted by atomic mass is 10.2. The summed E-state index contributed by atoms with van der Waals surface area (Å²) in [4.78, 5) is 27.2. The second kappa shape index (κ2) is 6.72. The first-order valence-corrected chi connectivity index (χ1v) is 9.00. The molecule has 0 radical (unpaired) electrons. The number of anilines is 1. The number of nitrogens with one attached hydrogen (secondary N) is 1. The number of nitrogens with zero attached hydrogens (tertiary/aromatic N) is 2. The fourth-order valence-corrected chi connectivity index (χ4v) is 3.88. The van der Waals surface area contributed by atoms with Crippen LogP contribution in [0.3, 0.4) is 0 Å². The number of carbonyl (C=O) groups is 1. The molecule has 0 fully saturated rings. The van der Waals surface area contributed by atoms with E-state index in [0.717, 1.165) is 17.0 Å². The molecule has 1 aromatic carbocycles. The number of benzene rings is 1. The Morgan fingerprint density at radius 2 is 1.88 bits per heavy atom. The Morgan fingerprint density at radius 3 is 2.48 bits per heavy atom. The third-order valence-electron chi connectivity index (χ3n) is 4.42. The highest BCUT2D eigenvalue weighted by atomic mass is 32.1. The summed E-state index contributed by atoms with van der Waals surface area (Å²) < 4.78 is 3.31. The van der Waals surface area contributed by atoms with E-state index in [-0.39, 0.29) is 11.5 Å². The molecule has 0 unspecified atom stereocenters. The van der Waals surface area contributed by atoms with Gasteiger partial charge in [0.15, 0.2) is 0 Å². The zero-order chi connectivity index (χ0) is 18.1. The van der Waals surface area contributed by atoms with Gasteiger partial charge in [-0.1, -0.05) is 25.1 Å². The summed E-state index contributed by atoms with van der Waals surface area (Å²) in [6.07, 6.45) is 0.890. The Kier molecular flexibility index (Phi) is 4.63. The van der Waals surface area contributed by atoms with E-state index in [0.29, 0.717) is 16.3 Å². The third-order valence-corrected chi connectivity index (χ3v) is 5.51. The maximum atomic E-state index is 12.8. The van der Waals surface area contributed by atoms with Crippen LogP contribution < -0.4 is 10.9 Å². The lowest BCUT2D eigenvalue weighted by Gasteiger charge is -2.07. The maximum absolute atomic E-state index is 12.8. The summed E-state index contributed by atoms with van der Waals surface area (Å²) in [6.45, 7) is 5.90. The van der Waals surface area contributed by atoms with Crippen LogP contribution in [0, 0.1) is 13.8 Å². The van der Waals surface area contributed by atoms with E-state index in [2.05, 4.69) is 12.2 Å². The molecule has 0 spiro atoms. The molecule has 130 valence electrons. The minimum absolute atomic E-state index is 0.233. The maximum Gasteiger partial charge on any atom is 0.295 e. The van der Waals surface area contributed by atoms with Gasteiger partial charge in [-0.15, -0.1) is 11.3 Å². The fourth-order valence-electron chi connectivity index (χ4n) is 2.87. The van der Waals surface area contributed by atoms with Gasteiger partial charge in [0.05, 0.1) is 16.3 Å². The predicted molar refractivity (Wildman–Crippen MR) is 102 cm³/mol. The Balaban J connectivity index is 1.98. The summed E-state index contributed by atoms with van der Waals surface area (Å²) in [7, 11) is 1.81. The van der Waals surface area contributed by atoms with Crippen molar-refractivity contribution < 1.29 is 4.79 Å². The number of aromatic nitrogens is 2. The molecule has 25 heavy (non-hydrogen) atoms. The van der Waals surface area contributed by atoms with E-state index in [4.69, 9.17) is 0 Å². The molecule has 0 aliphatic carbocycles. The molecule has 2 aromatic heterocycles. The third kappa shape index (κ3) is 3.05. The molecule has 3 rings (SSSR count). The van der Waals surface area contributed by atoms with Gasteiger partial charge in [0.25, 0.3) is 11.5 Å². The van der Waals surface area contributed by atoms with Crippen LogP contribution in [0.5, 0.6) is 0 Å². The van der Waals surface area contributed by atoms with Gasteiger partial charge < -0.3 is 5.32 Å². The summed E-state index contributed by atoms with van der Waals surface area (Å²) in [6, 6.07) is 11.3. The van der Waals surface area contributed by atoms with Gasteiger partial charge in [-0.2, -0.15) is 0 Å². The Bertz CT molecular complexity index is 980. The predicted octanol–water partition coefficient (Wildman–Crippen LogP) is 3.67. The van der Waals surface area contributed by atoms with Gasteiger partial charge in [-0.05, 0) is 44.0 Å². The Labute approximate surface area is 150 Å². The van der Waals surface area contributed by atoms with Crippen LogP contribution in [-0.2, 0) is 13.5 Å². The molecule has 6 heteroatoms. The number of aryl methyl sites for hydroxylation is 2. The molecular weight excluding hydrogens is 334 g/mol. The van der Waals surface area contributed by atoms with Crippen molar-refractivity contribution in [1.82, 2.24) is 9.36 Å². The van der Waals surface area contributed by atoms with Gasteiger partial charge in [0.1, 0.15) is 5.69 Å². The normalized spacial score (nSPS) is 10.9. The smallest absolute Gasteiger partial charge is 0.295 e. The Hall–Kier alpha value is -2.60. The van der Waals surface area contributed by atoms with Crippen molar-refractivity contribution in [3.05, 3.63) is 67.8 Å². The van der Waals surface area contributed by atoms with Crippen LogP contribution in [0.1, 0.15) is 32.7 Å². The highest BCUT2D eigenvalue weighted by Crippen LogP contribution is 2.23. The summed E-state index contributed by atoms with van der Waals surface area (Å²) in [5.74, 6) is -0.237. The van der Waals surface area contributed by atoms with Crippen molar-refractivity contribution in [2.75, 3.05) is 5.32 Å². The standard InChI is InChI=1S/C19H21N3O2S/c1-5-14-11-16(25-13(14)3)18(23)20-17-12(2)21(4)22(19(17)24)15-9-7-6-8-10-15/h6-11H,5H2,1-4H3,(H,20,23). The van der Waals surface area contributed by atoms with E-state index in [9.17, 15) is 9.59 Å².